The van der Waals surface area contributed by atoms with Crippen LogP contribution in [0.25, 0.3) is 0 Å². The van der Waals surface area contributed by atoms with E-state index in [-0.39, 0.29) is 18.3 Å². The van der Waals surface area contributed by atoms with Crippen molar-refractivity contribution in [3.05, 3.63) is 35.4 Å². The molecule has 0 saturated carbocycles. The third-order valence-electron chi connectivity index (χ3n) is 3.54. The molecule has 1 saturated heterocycles. The predicted octanol–water partition coefficient (Wildman–Crippen LogP) is 2.72. The average Bonchev–Trinajstić information content (AvgIpc) is 2.55. The molecule has 0 radical (unpaired) electrons. The highest BCUT2D eigenvalue weighted by Gasteiger charge is 2.26. The van der Waals surface area contributed by atoms with Crippen molar-refractivity contribution in [2.24, 2.45) is 0 Å². The standard InChI is InChI=1S/C17H20N2O4/c1-12(2)22-17(21)19-8-6-15(7-9-19)23-16(20)14-5-3-4-13(10-14)11-18/h3-5,10,12,15H,6-9H2,1-2H3. The fourth-order valence-electron chi connectivity index (χ4n) is 2.37. The van der Waals surface area contributed by atoms with Gasteiger partial charge in [-0.1, -0.05) is 6.07 Å². The summed E-state index contributed by atoms with van der Waals surface area (Å²) in [7, 11) is 0. The molecule has 0 unspecified atom stereocenters. The molecule has 0 aromatic heterocycles. The molecule has 1 fully saturated rings. The van der Waals surface area contributed by atoms with Crippen molar-refractivity contribution in [3.63, 3.8) is 0 Å². The molecule has 0 N–H and O–H groups in total. The zero-order valence-corrected chi connectivity index (χ0v) is 13.3. The Morgan fingerprint density at radius 2 is 2.00 bits per heavy atom. The summed E-state index contributed by atoms with van der Waals surface area (Å²) >= 11 is 0. The quantitative estimate of drug-likeness (QED) is 0.801. The smallest absolute Gasteiger partial charge is 0.410 e. The minimum absolute atomic E-state index is 0.148. The molecule has 6 heteroatoms. The Morgan fingerprint density at radius 1 is 1.30 bits per heavy atom. The number of rotatable bonds is 3. The molecule has 23 heavy (non-hydrogen) atoms. The third-order valence-corrected chi connectivity index (χ3v) is 3.54. The van der Waals surface area contributed by atoms with Gasteiger partial charge in [0, 0.05) is 25.9 Å². The van der Waals surface area contributed by atoms with E-state index in [4.69, 9.17) is 14.7 Å². The number of ether oxygens (including phenoxy) is 2. The number of nitriles is 1. The summed E-state index contributed by atoms with van der Waals surface area (Å²) < 4.78 is 10.6. The lowest BCUT2D eigenvalue weighted by molar-refractivity contribution is 0.00814. The minimum Gasteiger partial charge on any atom is -0.459 e. The molecule has 1 aromatic rings. The molecule has 0 bridgehead atoms. The summed E-state index contributed by atoms with van der Waals surface area (Å²) in [5.74, 6) is -0.440. The zero-order valence-electron chi connectivity index (χ0n) is 13.3. The van der Waals surface area contributed by atoms with E-state index in [0.717, 1.165) is 0 Å². The van der Waals surface area contributed by atoms with E-state index in [9.17, 15) is 9.59 Å². The van der Waals surface area contributed by atoms with Crippen LogP contribution in [0.2, 0.25) is 0 Å². The first kappa shape index (κ1) is 16.8. The average molecular weight is 316 g/mol. The molecule has 1 amide bonds. The van der Waals surface area contributed by atoms with Crippen molar-refractivity contribution >= 4 is 12.1 Å². The first-order chi connectivity index (χ1) is 11.0. The van der Waals surface area contributed by atoms with E-state index in [1.54, 1.807) is 23.1 Å². The highest BCUT2D eigenvalue weighted by molar-refractivity contribution is 5.89. The largest absolute Gasteiger partial charge is 0.459 e. The van der Waals surface area contributed by atoms with Gasteiger partial charge >= 0.3 is 12.1 Å². The number of esters is 1. The summed E-state index contributed by atoms with van der Waals surface area (Å²) in [5.41, 5.74) is 0.788. The number of nitrogens with zero attached hydrogens (tertiary/aromatic N) is 2. The SMILES string of the molecule is CC(C)OC(=O)N1CCC(OC(=O)c2cccc(C#N)c2)CC1. The molecule has 1 aromatic carbocycles. The van der Waals surface area contributed by atoms with Gasteiger partial charge in [0.1, 0.15) is 6.10 Å². The maximum Gasteiger partial charge on any atom is 0.410 e. The van der Waals surface area contributed by atoms with Crippen LogP contribution in [0.4, 0.5) is 4.79 Å². The van der Waals surface area contributed by atoms with Gasteiger partial charge in [-0.2, -0.15) is 5.26 Å². The molecule has 2 rings (SSSR count). The van der Waals surface area contributed by atoms with Crippen LogP contribution in [0.5, 0.6) is 0 Å². The number of hydrogen-bond donors (Lipinski definition) is 0. The summed E-state index contributed by atoms with van der Waals surface area (Å²) in [5, 5.41) is 8.86. The normalized spacial score (nSPS) is 15.1. The van der Waals surface area contributed by atoms with Crippen molar-refractivity contribution in [1.82, 2.24) is 4.90 Å². The lowest BCUT2D eigenvalue weighted by atomic mass is 10.1. The Morgan fingerprint density at radius 3 is 2.61 bits per heavy atom. The fraction of sp³-hybridized carbons (Fsp3) is 0.471. The highest BCUT2D eigenvalue weighted by Crippen LogP contribution is 2.17. The molecule has 1 heterocycles. The maximum absolute atomic E-state index is 12.1. The first-order valence-electron chi connectivity index (χ1n) is 7.66. The van der Waals surface area contributed by atoms with E-state index in [2.05, 4.69) is 0 Å². The van der Waals surface area contributed by atoms with Gasteiger partial charge in [-0.05, 0) is 32.0 Å². The minimum atomic E-state index is -0.440. The second-order valence-corrected chi connectivity index (χ2v) is 5.72. The van der Waals surface area contributed by atoms with Crippen molar-refractivity contribution < 1.29 is 19.1 Å². The van der Waals surface area contributed by atoms with Gasteiger partial charge in [0.25, 0.3) is 0 Å². The summed E-state index contributed by atoms with van der Waals surface area (Å²) in [6.07, 6.45) is 0.460. The van der Waals surface area contributed by atoms with Crippen LogP contribution in [0, 0.1) is 11.3 Å². The van der Waals surface area contributed by atoms with E-state index < -0.39 is 5.97 Å². The molecule has 0 spiro atoms. The van der Waals surface area contributed by atoms with Gasteiger partial charge in [-0.3, -0.25) is 0 Å². The fourth-order valence-corrected chi connectivity index (χ4v) is 2.37. The molecular formula is C17H20N2O4. The lowest BCUT2D eigenvalue weighted by Crippen LogP contribution is -2.42. The van der Waals surface area contributed by atoms with Gasteiger partial charge in [0.05, 0.1) is 23.3 Å². The maximum atomic E-state index is 12.1. The number of carbonyl (C=O) groups excluding carboxylic acids is 2. The van der Waals surface area contributed by atoms with Crippen LogP contribution in [0.1, 0.15) is 42.6 Å². The van der Waals surface area contributed by atoms with Gasteiger partial charge < -0.3 is 14.4 Å². The van der Waals surface area contributed by atoms with Crippen LogP contribution in [0.15, 0.2) is 24.3 Å². The van der Waals surface area contributed by atoms with Gasteiger partial charge in [0.2, 0.25) is 0 Å². The molecule has 1 aliphatic heterocycles. The highest BCUT2D eigenvalue weighted by atomic mass is 16.6. The number of hydrogen-bond acceptors (Lipinski definition) is 5. The van der Waals surface area contributed by atoms with Gasteiger partial charge in [-0.25, -0.2) is 9.59 Å². The Balaban J connectivity index is 1.85. The van der Waals surface area contributed by atoms with Gasteiger partial charge in [-0.15, -0.1) is 0 Å². The molecule has 1 aliphatic rings. The number of benzene rings is 1. The van der Waals surface area contributed by atoms with Crippen LogP contribution >= 0.6 is 0 Å². The molecule has 0 atom stereocenters. The number of amides is 1. The molecule has 6 nitrogen and oxygen atoms in total. The Kier molecular flexibility index (Phi) is 5.58. The van der Waals surface area contributed by atoms with Crippen molar-refractivity contribution in [2.45, 2.75) is 38.9 Å². The number of carbonyl (C=O) groups is 2. The molecule has 0 aliphatic carbocycles. The van der Waals surface area contributed by atoms with Crippen LogP contribution in [0.3, 0.4) is 0 Å². The topological polar surface area (TPSA) is 79.6 Å². The Bertz CT molecular complexity index is 613. The van der Waals surface area contributed by atoms with Crippen molar-refractivity contribution in [3.8, 4) is 6.07 Å². The summed E-state index contributed by atoms with van der Waals surface area (Å²) in [6.45, 7) is 4.62. The van der Waals surface area contributed by atoms with E-state index in [0.29, 0.717) is 37.1 Å². The van der Waals surface area contributed by atoms with Crippen molar-refractivity contribution in [2.75, 3.05) is 13.1 Å². The number of likely N-dealkylation sites (tertiary alicyclic amines) is 1. The van der Waals surface area contributed by atoms with E-state index in [1.807, 2.05) is 19.9 Å². The van der Waals surface area contributed by atoms with E-state index >= 15 is 0 Å². The van der Waals surface area contributed by atoms with Crippen LogP contribution in [-0.4, -0.2) is 42.3 Å². The number of piperidine rings is 1. The summed E-state index contributed by atoms with van der Waals surface area (Å²) in [4.78, 5) is 25.5. The predicted molar refractivity (Wildman–Crippen MR) is 82.8 cm³/mol. The zero-order chi connectivity index (χ0) is 16.8. The first-order valence-corrected chi connectivity index (χ1v) is 7.66. The monoisotopic (exact) mass is 316 g/mol. The van der Waals surface area contributed by atoms with E-state index in [1.165, 1.54) is 6.07 Å². The molecule has 122 valence electrons. The molecular weight excluding hydrogens is 296 g/mol. The van der Waals surface area contributed by atoms with Crippen LogP contribution in [-0.2, 0) is 9.47 Å². The third kappa shape index (κ3) is 4.71. The Hall–Kier alpha value is -2.55. The second kappa shape index (κ2) is 7.63. The summed E-state index contributed by atoms with van der Waals surface area (Å²) in [6, 6.07) is 8.42. The lowest BCUT2D eigenvalue weighted by Gasteiger charge is -2.31. The second-order valence-electron chi connectivity index (χ2n) is 5.72. The Labute approximate surface area is 135 Å². The van der Waals surface area contributed by atoms with Crippen LogP contribution < -0.4 is 0 Å². The van der Waals surface area contributed by atoms with Crippen molar-refractivity contribution in [1.29, 1.82) is 5.26 Å². The van der Waals surface area contributed by atoms with Gasteiger partial charge in [0.15, 0.2) is 0 Å².